The number of carbonyl (C=O) groups is 1. The monoisotopic (exact) mass is 328 g/mol. The van der Waals surface area contributed by atoms with Gasteiger partial charge >= 0.3 is 0 Å². The molecule has 0 saturated heterocycles. The molecule has 0 saturated carbocycles. The van der Waals surface area contributed by atoms with Crippen LogP contribution in [-0.4, -0.2) is 5.91 Å². The molecule has 2 aromatic rings. The van der Waals surface area contributed by atoms with E-state index in [0.717, 1.165) is 5.56 Å². The maximum absolute atomic E-state index is 12.2. The van der Waals surface area contributed by atoms with Crippen molar-refractivity contribution in [1.82, 2.24) is 0 Å². The normalized spacial score (nSPS) is 10.4. The lowest BCUT2D eigenvalue weighted by atomic mass is 10.1. The van der Waals surface area contributed by atoms with Crippen molar-refractivity contribution < 1.29 is 4.79 Å². The van der Waals surface area contributed by atoms with Gasteiger partial charge in [-0.25, -0.2) is 0 Å². The Morgan fingerprint density at radius 1 is 1.15 bits per heavy atom. The van der Waals surface area contributed by atoms with E-state index in [2.05, 4.69) is 5.32 Å². The van der Waals surface area contributed by atoms with Crippen LogP contribution in [0.4, 0.5) is 11.4 Å². The summed E-state index contributed by atoms with van der Waals surface area (Å²) in [6.45, 7) is 1.83. The Morgan fingerprint density at radius 2 is 1.85 bits per heavy atom. The fourth-order valence-electron chi connectivity index (χ4n) is 1.70. The van der Waals surface area contributed by atoms with E-state index in [-0.39, 0.29) is 5.91 Å². The minimum Gasteiger partial charge on any atom is -0.399 e. The van der Waals surface area contributed by atoms with E-state index in [1.54, 1.807) is 18.2 Å². The van der Waals surface area contributed by atoms with Crippen LogP contribution in [-0.2, 0) is 0 Å². The number of benzene rings is 2. The van der Waals surface area contributed by atoms with E-state index in [0.29, 0.717) is 32.0 Å². The number of halogens is 3. The van der Waals surface area contributed by atoms with E-state index in [1.165, 1.54) is 12.1 Å². The predicted molar refractivity (Wildman–Crippen MR) is 85.0 cm³/mol. The second-order valence-electron chi connectivity index (χ2n) is 4.28. The maximum Gasteiger partial charge on any atom is 0.255 e. The van der Waals surface area contributed by atoms with Crippen LogP contribution < -0.4 is 11.1 Å². The molecule has 6 heteroatoms. The average Bonchev–Trinajstić information content (AvgIpc) is 2.38. The van der Waals surface area contributed by atoms with Gasteiger partial charge in [-0.3, -0.25) is 4.79 Å². The molecule has 20 heavy (non-hydrogen) atoms. The smallest absolute Gasteiger partial charge is 0.255 e. The number of anilines is 2. The highest BCUT2D eigenvalue weighted by atomic mass is 35.5. The highest BCUT2D eigenvalue weighted by Crippen LogP contribution is 2.33. The molecule has 3 nitrogen and oxygen atoms in total. The molecule has 0 fully saturated rings. The van der Waals surface area contributed by atoms with Gasteiger partial charge in [0.25, 0.3) is 5.91 Å². The molecule has 0 heterocycles. The molecule has 3 N–H and O–H groups in total. The molecule has 0 unspecified atom stereocenters. The van der Waals surface area contributed by atoms with Gasteiger partial charge in [-0.05, 0) is 36.8 Å². The summed E-state index contributed by atoms with van der Waals surface area (Å²) in [5, 5.41) is 3.83. The number of hydrogen-bond acceptors (Lipinski definition) is 2. The van der Waals surface area contributed by atoms with Crippen LogP contribution in [0.25, 0.3) is 0 Å². The third-order valence-corrected chi connectivity index (χ3v) is 3.73. The van der Waals surface area contributed by atoms with E-state index in [9.17, 15) is 4.79 Å². The van der Waals surface area contributed by atoms with Gasteiger partial charge in [0, 0.05) is 16.3 Å². The number of nitrogens with one attached hydrogen (secondary N) is 1. The topological polar surface area (TPSA) is 55.1 Å². The quantitative estimate of drug-likeness (QED) is 0.778. The molecule has 1 amide bonds. The average molecular weight is 330 g/mol. The molecule has 0 aliphatic rings. The van der Waals surface area contributed by atoms with Gasteiger partial charge in [0.1, 0.15) is 0 Å². The van der Waals surface area contributed by atoms with Crippen LogP contribution in [0.2, 0.25) is 15.1 Å². The summed E-state index contributed by atoms with van der Waals surface area (Å²) in [4.78, 5) is 12.2. The summed E-state index contributed by atoms with van der Waals surface area (Å²) in [6.07, 6.45) is 0. The zero-order chi connectivity index (χ0) is 14.9. The third-order valence-electron chi connectivity index (χ3n) is 2.71. The van der Waals surface area contributed by atoms with Crippen molar-refractivity contribution >= 4 is 52.1 Å². The fourth-order valence-corrected chi connectivity index (χ4v) is 2.41. The van der Waals surface area contributed by atoms with Crippen molar-refractivity contribution in [1.29, 1.82) is 0 Å². The number of nitrogen functional groups attached to an aromatic ring is 1. The Balaban J connectivity index is 2.35. The molecular formula is C14H11Cl3N2O. The first-order valence-corrected chi connectivity index (χ1v) is 6.84. The summed E-state index contributed by atoms with van der Waals surface area (Å²) >= 11 is 18.1. The number of rotatable bonds is 2. The molecule has 0 spiro atoms. The molecule has 0 aromatic heterocycles. The Kier molecular flexibility index (Phi) is 4.43. The van der Waals surface area contributed by atoms with Crippen molar-refractivity contribution in [2.24, 2.45) is 0 Å². The number of aryl methyl sites for hydroxylation is 1. The van der Waals surface area contributed by atoms with Crippen LogP contribution in [0.1, 0.15) is 15.9 Å². The Morgan fingerprint density at radius 3 is 2.50 bits per heavy atom. The summed E-state index contributed by atoms with van der Waals surface area (Å²) in [5.74, 6) is -0.381. The number of hydrogen-bond donors (Lipinski definition) is 2. The van der Waals surface area contributed by atoms with Crippen molar-refractivity contribution in [2.45, 2.75) is 6.92 Å². The molecule has 0 bridgehead atoms. The molecule has 0 radical (unpaired) electrons. The van der Waals surface area contributed by atoms with E-state index < -0.39 is 0 Å². The molecule has 0 aliphatic carbocycles. The largest absolute Gasteiger partial charge is 0.399 e. The SMILES string of the molecule is Cc1ccc(Cl)c(NC(=O)c2cc(N)cc(Cl)c2)c1Cl. The molecule has 0 atom stereocenters. The molecule has 104 valence electrons. The Labute approximate surface area is 131 Å². The Hall–Kier alpha value is -1.42. The van der Waals surface area contributed by atoms with E-state index in [4.69, 9.17) is 40.5 Å². The van der Waals surface area contributed by atoms with Gasteiger partial charge in [0.05, 0.1) is 15.7 Å². The van der Waals surface area contributed by atoms with Crippen LogP contribution >= 0.6 is 34.8 Å². The predicted octanol–water partition coefficient (Wildman–Crippen LogP) is 4.79. The lowest BCUT2D eigenvalue weighted by Crippen LogP contribution is -2.13. The van der Waals surface area contributed by atoms with Crippen molar-refractivity contribution in [3.63, 3.8) is 0 Å². The standard InChI is InChI=1S/C14H11Cl3N2O/c1-7-2-3-11(16)13(12(7)17)19-14(20)8-4-9(15)6-10(18)5-8/h2-6H,18H2,1H3,(H,19,20). The van der Waals surface area contributed by atoms with Gasteiger partial charge in [0.15, 0.2) is 0 Å². The first-order chi connectivity index (χ1) is 9.38. The van der Waals surface area contributed by atoms with Crippen LogP contribution in [0.5, 0.6) is 0 Å². The van der Waals surface area contributed by atoms with Crippen molar-refractivity contribution in [3.05, 3.63) is 56.5 Å². The summed E-state index contributed by atoms with van der Waals surface area (Å²) < 4.78 is 0. The molecule has 2 aromatic carbocycles. The lowest BCUT2D eigenvalue weighted by molar-refractivity contribution is 0.102. The number of amides is 1. The molecule has 0 aliphatic heterocycles. The zero-order valence-corrected chi connectivity index (χ0v) is 12.8. The van der Waals surface area contributed by atoms with Crippen molar-refractivity contribution in [3.8, 4) is 0 Å². The lowest BCUT2D eigenvalue weighted by Gasteiger charge is -2.11. The number of nitrogens with two attached hydrogens (primary N) is 1. The van der Waals surface area contributed by atoms with Gasteiger partial charge in [-0.15, -0.1) is 0 Å². The molecule has 2 rings (SSSR count). The fraction of sp³-hybridized carbons (Fsp3) is 0.0714. The van der Waals surface area contributed by atoms with E-state index in [1.807, 2.05) is 6.92 Å². The van der Waals surface area contributed by atoms with Gasteiger partial charge in [-0.1, -0.05) is 40.9 Å². The zero-order valence-electron chi connectivity index (χ0n) is 10.5. The number of carbonyl (C=O) groups excluding carboxylic acids is 1. The maximum atomic E-state index is 12.2. The van der Waals surface area contributed by atoms with Crippen LogP contribution in [0.3, 0.4) is 0 Å². The summed E-state index contributed by atoms with van der Waals surface area (Å²) in [7, 11) is 0. The van der Waals surface area contributed by atoms with E-state index >= 15 is 0 Å². The third kappa shape index (κ3) is 3.18. The van der Waals surface area contributed by atoms with Gasteiger partial charge in [-0.2, -0.15) is 0 Å². The first kappa shape index (κ1) is 15.0. The summed E-state index contributed by atoms with van der Waals surface area (Å²) in [5.41, 5.74) is 7.59. The van der Waals surface area contributed by atoms with Crippen molar-refractivity contribution in [2.75, 3.05) is 11.1 Å². The van der Waals surface area contributed by atoms with Crippen LogP contribution in [0, 0.1) is 6.92 Å². The van der Waals surface area contributed by atoms with Crippen LogP contribution in [0.15, 0.2) is 30.3 Å². The van der Waals surface area contributed by atoms with Gasteiger partial charge < -0.3 is 11.1 Å². The minimum absolute atomic E-state index is 0.337. The second kappa shape index (κ2) is 5.92. The Bertz CT molecular complexity index is 666. The highest BCUT2D eigenvalue weighted by Gasteiger charge is 2.14. The minimum atomic E-state index is -0.381. The summed E-state index contributed by atoms with van der Waals surface area (Å²) in [6, 6.07) is 8.05. The molecular weight excluding hydrogens is 319 g/mol. The first-order valence-electron chi connectivity index (χ1n) is 5.70. The highest BCUT2D eigenvalue weighted by molar-refractivity contribution is 6.40. The van der Waals surface area contributed by atoms with Gasteiger partial charge in [0.2, 0.25) is 0 Å². The second-order valence-corrected chi connectivity index (χ2v) is 5.50.